The van der Waals surface area contributed by atoms with Crippen molar-refractivity contribution in [2.75, 3.05) is 44.2 Å². The highest BCUT2D eigenvalue weighted by atomic mass is 35.5. The summed E-state index contributed by atoms with van der Waals surface area (Å²) in [6.45, 7) is 10.9. The van der Waals surface area contributed by atoms with Crippen LogP contribution >= 0.6 is 23.2 Å². The minimum atomic E-state index is -0.597. The lowest BCUT2D eigenvalue weighted by molar-refractivity contribution is -0.158. The van der Waals surface area contributed by atoms with Gasteiger partial charge in [0.2, 0.25) is 0 Å². The van der Waals surface area contributed by atoms with Crippen LogP contribution in [0.25, 0.3) is 10.9 Å². The quantitative estimate of drug-likeness (QED) is 0.200. The number of piperazine rings is 1. The lowest BCUT2D eigenvalue weighted by Gasteiger charge is -2.36. The molecule has 2 aromatic carbocycles. The van der Waals surface area contributed by atoms with Gasteiger partial charge in [-0.25, -0.2) is 0 Å². The van der Waals surface area contributed by atoms with Gasteiger partial charge in [-0.3, -0.25) is 19.1 Å². The number of hydrogen-bond acceptors (Lipinski definition) is 6. The molecule has 0 bridgehead atoms. The van der Waals surface area contributed by atoms with Gasteiger partial charge in [-0.1, -0.05) is 36.2 Å². The van der Waals surface area contributed by atoms with E-state index < -0.39 is 5.41 Å². The molecule has 2 heterocycles. The van der Waals surface area contributed by atoms with Crippen LogP contribution in [0.4, 0.5) is 5.69 Å². The highest BCUT2D eigenvalue weighted by Crippen LogP contribution is 2.33. The molecule has 0 N–H and O–H groups in total. The van der Waals surface area contributed by atoms with Crippen molar-refractivity contribution in [2.45, 2.75) is 46.8 Å². The van der Waals surface area contributed by atoms with Crippen molar-refractivity contribution in [3.8, 4) is 5.75 Å². The molecule has 0 spiro atoms. The molecule has 0 aliphatic carbocycles. The van der Waals surface area contributed by atoms with E-state index in [0.717, 1.165) is 56.6 Å². The maximum Gasteiger partial charge on any atom is 0.313 e. The van der Waals surface area contributed by atoms with Crippen LogP contribution in [0.1, 0.15) is 40.0 Å². The van der Waals surface area contributed by atoms with Gasteiger partial charge in [-0.15, -0.1) is 0 Å². The Bertz CT molecular complexity index is 1350. The standard InChI is InChI=1S/C30H37Cl2N3O4/c1-4-30(2,3)29(37)39-21-35-26-20-23(12-10-22(26)11-13-27(35)36)38-19-6-5-14-33-15-17-34(18-16-33)25-9-7-8-24(31)28(25)32/h7-13,20H,4-6,14-19,21H2,1-3H3. The highest BCUT2D eigenvalue weighted by Gasteiger charge is 2.27. The van der Waals surface area contributed by atoms with E-state index in [2.05, 4.69) is 9.80 Å². The first-order valence-corrected chi connectivity index (χ1v) is 14.3. The first-order chi connectivity index (χ1) is 18.7. The summed E-state index contributed by atoms with van der Waals surface area (Å²) in [6, 6.07) is 14.7. The summed E-state index contributed by atoms with van der Waals surface area (Å²) in [5.74, 6) is 0.366. The van der Waals surface area contributed by atoms with E-state index in [0.29, 0.717) is 34.3 Å². The minimum absolute atomic E-state index is 0.126. The predicted molar refractivity (Wildman–Crippen MR) is 158 cm³/mol. The Kier molecular flexibility index (Phi) is 9.81. The second kappa shape index (κ2) is 13.1. The number of carbonyl (C=O) groups excluding carboxylic acids is 1. The monoisotopic (exact) mass is 573 g/mol. The van der Waals surface area contributed by atoms with Crippen molar-refractivity contribution in [1.29, 1.82) is 0 Å². The highest BCUT2D eigenvalue weighted by molar-refractivity contribution is 6.43. The fraction of sp³-hybridized carbons (Fsp3) is 0.467. The summed E-state index contributed by atoms with van der Waals surface area (Å²) >= 11 is 12.6. The molecule has 0 radical (unpaired) electrons. The van der Waals surface area contributed by atoms with Crippen molar-refractivity contribution >= 4 is 45.8 Å². The van der Waals surface area contributed by atoms with Gasteiger partial charge >= 0.3 is 5.97 Å². The van der Waals surface area contributed by atoms with Crippen LogP contribution in [0, 0.1) is 5.41 Å². The van der Waals surface area contributed by atoms with E-state index in [4.69, 9.17) is 32.7 Å². The summed E-state index contributed by atoms with van der Waals surface area (Å²) in [4.78, 5) is 29.8. The number of ether oxygens (including phenoxy) is 2. The molecule has 1 saturated heterocycles. The number of rotatable bonds is 11. The van der Waals surface area contributed by atoms with Gasteiger partial charge < -0.3 is 14.4 Å². The second-order valence-electron chi connectivity index (χ2n) is 10.6. The van der Waals surface area contributed by atoms with Gasteiger partial charge in [0.05, 0.1) is 33.3 Å². The zero-order chi connectivity index (χ0) is 28.0. The Balaban J connectivity index is 1.25. The van der Waals surface area contributed by atoms with Crippen molar-refractivity contribution < 1.29 is 14.3 Å². The molecule has 0 unspecified atom stereocenters. The first kappa shape index (κ1) is 29.2. The molecule has 210 valence electrons. The lowest BCUT2D eigenvalue weighted by Crippen LogP contribution is -2.46. The van der Waals surface area contributed by atoms with Gasteiger partial charge in [0.1, 0.15) is 5.75 Å². The van der Waals surface area contributed by atoms with Crippen LogP contribution in [0.5, 0.6) is 5.75 Å². The molecular formula is C30H37Cl2N3O4. The molecule has 0 amide bonds. The van der Waals surface area contributed by atoms with E-state index in [1.54, 1.807) is 6.07 Å². The fourth-order valence-electron chi connectivity index (χ4n) is 4.53. The maximum absolute atomic E-state index is 12.6. The van der Waals surface area contributed by atoms with Gasteiger partial charge in [0, 0.05) is 38.3 Å². The van der Waals surface area contributed by atoms with Gasteiger partial charge in [-0.2, -0.15) is 0 Å². The Morgan fingerprint density at radius 1 is 1.00 bits per heavy atom. The van der Waals surface area contributed by atoms with Crippen LogP contribution in [0.15, 0.2) is 53.3 Å². The van der Waals surface area contributed by atoms with Crippen LogP contribution in [-0.4, -0.2) is 54.8 Å². The number of aromatic nitrogens is 1. The number of benzene rings is 2. The fourth-order valence-corrected chi connectivity index (χ4v) is 4.95. The topological polar surface area (TPSA) is 64.0 Å². The number of unbranched alkanes of at least 4 members (excludes halogenated alkanes) is 1. The average molecular weight is 575 g/mol. The number of fused-ring (bicyclic) bond motifs is 1. The summed E-state index contributed by atoms with van der Waals surface area (Å²) < 4.78 is 13.0. The Hall–Kier alpha value is -2.74. The molecule has 1 aliphatic rings. The van der Waals surface area contributed by atoms with Crippen LogP contribution < -0.4 is 15.2 Å². The minimum Gasteiger partial charge on any atom is -0.494 e. The molecule has 1 fully saturated rings. The largest absolute Gasteiger partial charge is 0.494 e. The molecule has 0 saturated carbocycles. The number of anilines is 1. The van der Waals surface area contributed by atoms with Crippen molar-refractivity contribution in [3.05, 3.63) is 68.9 Å². The maximum atomic E-state index is 12.6. The molecular weight excluding hydrogens is 537 g/mol. The third-order valence-corrected chi connectivity index (χ3v) is 8.32. The zero-order valence-electron chi connectivity index (χ0n) is 22.9. The van der Waals surface area contributed by atoms with E-state index in [-0.39, 0.29) is 18.3 Å². The molecule has 0 atom stereocenters. The summed E-state index contributed by atoms with van der Waals surface area (Å²) in [5.41, 5.74) is 0.861. The summed E-state index contributed by atoms with van der Waals surface area (Å²) in [5, 5.41) is 2.09. The van der Waals surface area contributed by atoms with Gasteiger partial charge in [0.15, 0.2) is 6.73 Å². The van der Waals surface area contributed by atoms with Crippen molar-refractivity contribution in [2.24, 2.45) is 5.41 Å². The number of halogens is 2. The van der Waals surface area contributed by atoms with Crippen molar-refractivity contribution in [3.63, 3.8) is 0 Å². The van der Waals surface area contributed by atoms with Gasteiger partial charge in [0.25, 0.3) is 5.56 Å². The van der Waals surface area contributed by atoms with Crippen LogP contribution in [-0.2, 0) is 16.3 Å². The van der Waals surface area contributed by atoms with E-state index in [1.165, 1.54) is 10.6 Å². The number of carbonyl (C=O) groups is 1. The zero-order valence-corrected chi connectivity index (χ0v) is 24.4. The lowest BCUT2D eigenvalue weighted by atomic mass is 9.91. The molecule has 9 heteroatoms. The Labute approximate surface area is 240 Å². The van der Waals surface area contributed by atoms with Gasteiger partial charge in [-0.05, 0) is 75.4 Å². The summed E-state index contributed by atoms with van der Waals surface area (Å²) in [7, 11) is 0. The first-order valence-electron chi connectivity index (χ1n) is 13.5. The van der Waals surface area contributed by atoms with E-state index in [1.807, 2.05) is 57.2 Å². The van der Waals surface area contributed by atoms with Crippen LogP contribution in [0.3, 0.4) is 0 Å². The third-order valence-electron chi connectivity index (χ3n) is 7.51. The Morgan fingerprint density at radius 3 is 2.49 bits per heavy atom. The SMILES string of the molecule is CCC(C)(C)C(=O)OCn1c(=O)ccc2ccc(OCCCCN3CCN(c4cccc(Cl)c4Cl)CC3)cc21. The molecule has 7 nitrogen and oxygen atoms in total. The van der Waals surface area contributed by atoms with Crippen LogP contribution in [0.2, 0.25) is 10.0 Å². The third kappa shape index (κ3) is 7.27. The number of hydrogen-bond donors (Lipinski definition) is 0. The average Bonchev–Trinajstić information content (AvgIpc) is 2.94. The molecule has 4 rings (SSSR count). The normalized spacial score (nSPS) is 14.5. The summed E-state index contributed by atoms with van der Waals surface area (Å²) in [6.07, 6.45) is 2.60. The smallest absolute Gasteiger partial charge is 0.313 e. The Morgan fingerprint density at radius 2 is 1.74 bits per heavy atom. The predicted octanol–water partition coefficient (Wildman–Crippen LogP) is 6.23. The molecule has 1 aliphatic heterocycles. The molecule has 3 aromatic rings. The number of esters is 1. The van der Waals surface area contributed by atoms with E-state index in [9.17, 15) is 9.59 Å². The van der Waals surface area contributed by atoms with E-state index >= 15 is 0 Å². The molecule has 39 heavy (non-hydrogen) atoms. The second-order valence-corrected chi connectivity index (χ2v) is 11.4. The number of nitrogens with zero attached hydrogens (tertiary/aromatic N) is 3. The van der Waals surface area contributed by atoms with Crippen molar-refractivity contribution in [1.82, 2.24) is 9.47 Å². The molecule has 1 aromatic heterocycles. The number of pyridine rings is 1.